The van der Waals surface area contributed by atoms with E-state index in [-0.39, 0.29) is 11.8 Å². The number of carbonyl (C=O) groups excluding carboxylic acids is 2. The van der Waals surface area contributed by atoms with E-state index in [9.17, 15) is 9.59 Å². The summed E-state index contributed by atoms with van der Waals surface area (Å²) in [5.41, 5.74) is 4.38. The Hall–Kier alpha value is -2.70. The van der Waals surface area contributed by atoms with Crippen LogP contribution in [0.1, 0.15) is 36.0 Å². The van der Waals surface area contributed by atoms with Crippen molar-refractivity contribution in [1.82, 2.24) is 14.7 Å². The molecule has 0 atom stereocenters. The van der Waals surface area contributed by atoms with Gasteiger partial charge in [0, 0.05) is 57.4 Å². The summed E-state index contributed by atoms with van der Waals surface area (Å²) in [4.78, 5) is 32.1. The molecule has 2 fully saturated rings. The maximum Gasteiger partial charge on any atom is 0.238 e. The molecule has 6 nitrogen and oxygen atoms in total. The molecule has 0 spiro atoms. The Labute approximate surface area is 197 Å². The van der Waals surface area contributed by atoms with E-state index in [1.54, 1.807) is 0 Å². The first-order valence-electron chi connectivity index (χ1n) is 12.1. The Morgan fingerprint density at radius 3 is 2.42 bits per heavy atom. The van der Waals surface area contributed by atoms with E-state index in [0.29, 0.717) is 25.6 Å². The number of carbonyl (C=O) groups is 2. The molecule has 1 saturated carbocycles. The predicted octanol–water partition coefficient (Wildman–Crippen LogP) is 3.44. The highest BCUT2D eigenvalue weighted by molar-refractivity contribution is 5.93. The molecule has 1 saturated heterocycles. The van der Waals surface area contributed by atoms with Crippen LogP contribution in [-0.4, -0.2) is 71.8 Å². The van der Waals surface area contributed by atoms with Gasteiger partial charge in [-0.2, -0.15) is 0 Å². The van der Waals surface area contributed by atoms with Gasteiger partial charge in [-0.25, -0.2) is 0 Å². The number of piperazine rings is 1. The van der Waals surface area contributed by atoms with E-state index in [2.05, 4.69) is 45.4 Å². The molecule has 176 valence electrons. The van der Waals surface area contributed by atoms with Gasteiger partial charge in [0.1, 0.15) is 0 Å². The Bertz CT molecular complexity index is 950. The zero-order valence-electron chi connectivity index (χ0n) is 19.9. The van der Waals surface area contributed by atoms with Crippen molar-refractivity contribution in [1.29, 1.82) is 0 Å². The van der Waals surface area contributed by atoms with Gasteiger partial charge in [0.05, 0.1) is 6.54 Å². The topological polar surface area (TPSA) is 55.9 Å². The minimum Gasteiger partial charge on any atom is -0.340 e. The molecule has 0 aromatic heterocycles. The molecule has 33 heavy (non-hydrogen) atoms. The summed E-state index contributed by atoms with van der Waals surface area (Å²) in [5, 5.41) is 3.06. The van der Waals surface area contributed by atoms with Crippen molar-refractivity contribution in [3.63, 3.8) is 0 Å². The number of amides is 2. The molecule has 2 aromatic rings. The van der Waals surface area contributed by atoms with Crippen LogP contribution in [-0.2, 0) is 16.1 Å². The molecule has 1 aliphatic carbocycles. The molecule has 2 amide bonds. The second kappa shape index (κ2) is 10.9. The quantitative estimate of drug-likeness (QED) is 0.639. The average Bonchev–Trinajstić information content (AvgIpc) is 3.65. The molecule has 1 aliphatic heterocycles. The highest BCUT2D eigenvalue weighted by Gasteiger charge is 2.31. The first-order valence-corrected chi connectivity index (χ1v) is 12.1. The van der Waals surface area contributed by atoms with Gasteiger partial charge in [-0.3, -0.25) is 19.4 Å². The normalized spacial score (nSPS) is 16.8. The lowest BCUT2D eigenvalue weighted by Gasteiger charge is -2.35. The van der Waals surface area contributed by atoms with Crippen LogP contribution in [0, 0.1) is 13.8 Å². The molecule has 2 aliphatic rings. The Kier molecular flexibility index (Phi) is 7.78. The fourth-order valence-corrected chi connectivity index (χ4v) is 4.47. The molecule has 2 aromatic carbocycles. The van der Waals surface area contributed by atoms with E-state index in [4.69, 9.17) is 0 Å². The zero-order valence-corrected chi connectivity index (χ0v) is 19.9. The van der Waals surface area contributed by atoms with Gasteiger partial charge in [-0.05, 0) is 49.4 Å². The fraction of sp³-hybridized carbons (Fsp3) is 0.481. The van der Waals surface area contributed by atoms with Crippen molar-refractivity contribution in [3.05, 3.63) is 65.2 Å². The smallest absolute Gasteiger partial charge is 0.238 e. The van der Waals surface area contributed by atoms with Crippen molar-refractivity contribution in [2.75, 3.05) is 44.6 Å². The third-order valence-electron chi connectivity index (χ3n) is 6.66. The Morgan fingerprint density at radius 1 is 1.00 bits per heavy atom. The maximum atomic E-state index is 12.8. The average molecular weight is 449 g/mol. The maximum absolute atomic E-state index is 12.8. The van der Waals surface area contributed by atoms with E-state index in [1.807, 2.05) is 36.9 Å². The van der Waals surface area contributed by atoms with E-state index in [0.717, 1.165) is 62.4 Å². The number of aryl methyl sites for hydroxylation is 2. The van der Waals surface area contributed by atoms with Crippen LogP contribution in [0.3, 0.4) is 0 Å². The van der Waals surface area contributed by atoms with Gasteiger partial charge in [0.15, 0.2) is 0 Å². The lowest BCUT2D eigenvalue weighted by molar-refractivity contribution is -0.133. The number of benzene rings is 2. The number of nitrogens with one attached hydrogen (secondary N) is 1. The highest BCUT2D eigenvalue weighted by Crippen LogP contribution is 2.27. The van der Waals surface area contributed by atoms with Crippen LogP contribution < -0.4 is 5.32 Å². The van der Waals surface area contributed by atoms with Crippen LogP contribution in [0.4, 0.5) is 5.69 Å². The summed E-state index contributed by atoms with van der Waals surface area (Å²) < 4.78 is 0. The first-order chi connectivity index (χ1) is 16.0. The molecule has 1 heterocycles. The summed E-state index contributed by atoms with van der Waals surface area (Å²) in [7, 11) is 0. The molecular formula is C27H36N4O2. The molecule has 0 unspecified atom stereocenters. The van der Waals surface area contributed by atoms with Crippen molar-refractivity contribution in [3.8, 4) is 0 Å². The first kappa shape index (κ1) is 23.5. The summed E-state index contributed by atoms with van der Waals surface area (Å²) >= 11 is 0. The van der Waals surface area contributed by atoms with E-state index < -0.39 is 0 Å². The highest BCUT2D eigenvalue weighted by atomic mass is 16.2. The number of nitrogens with zero attached hydrogens (tertiary/aromatic N) is 3. The van der Waals surface area contributed by atoms with Gasteiger partial charge in [-0.1, -0.05) is 42.5 Å². The SMILES string of the molecule is Cc1ccc(C)c(NC(=O)CN(CCC(=O)N2CCN(Cc3ccccc3)CC2)C2CC2)c1. The van der Waals surface area contributed by atoms with Gasteiger partial charge < -0.3 is 10.2 Å². The third kappa shape index (κ3) is 6.89. The molecule has 0 radical (unpaired) electrons. The monoisotopic (exact) mass is 448 g/mol. The number of hydrogen-bond acceptors (Lipinski definition) is 4. The van der Waals surface area contributed by atoms with Crippen LogP contribution in [0.2, 0.25) is 0 Å². The summed E-state index contributed by atoms with van der Waals surface area (Å²) in [6.07, 6.45) is 2.71. The van der Waals surface area contributed by atoms with Gasteiger partial charge >= 0.3 is 0 Å². The largest absolute Gasteiger partial charge is 0.340 e. The van der Waals surface area contributed by atoms with Crippen molar-refractivity contribution < 1.29 is 9.59 Å². The third-order valence-corrected chi connectivity index (χ3v) is 6.66. The second-order valence-corrected chi connectivity index (χ2v) is 9.46. The molecule has 4 rings (SSSR count). The minimum atomic E-state index is -0.00225. The van der Waals surface area contributed by atoms with E-state index in [1.165, 1.54) is 5.56 Å². The number of hydrogen-bond donors (Lipinski definition) is 1. The van der Waals surface area contributed by atoms with Crippen molar-refractivity contribution in [2.24, 2.45) is 0 Å². The lowest BCUT2D eigenvalue weighted by atomic mass is 10.1. The van der Waals surface area contributed by atoms with Gasteiger partial charge in [0.2, 0.25) is 11.8 Å². The summed E-state index contributed by atoms with van der Waals surface area (Å²) in [6.45, 7) is 9.34. The second-order valence-electron chi connectivity index (χ2n) is 9.46. The van der Waals surface area contributed by atoms with Crippen LogP contribution in [0.15, 0.2) is 48.5 Å². The van der Waals surface area contributed by atoms with Gasteiger partial charge in [-0.15, -0.1) is 0 Å². The molecule has 6 heteroatoms. The van der Waals surface area contributed by atoms with Crippen molar-refractivity contribution in [2.45, 2.75) is 45.7 Å². The minimum absolute atomic E-state index is 0.00225. The Morgan fingerprint density at radius 2 is 1.73 bits per heavy atom. The molecular weight excluding hydrogens is 412 g/mol. The van der Waals surface area contributed by atoms with Crippen LogP contribution >= 0.6 is 0 Å². The van der Waals surface area contributed by atoms with Gasteiger partial charge in [0.25, 0.3) is 0 Å². The number of rotatable bonds is 9. The Balaban J connectivity index is 1.22. The number of anilines is 1. The summed E-state index contributed by atoms with van der Waals surface area (Å²) in [6, 6.07) is 17.0. The van der Waals surface area contributed by atoms with Crippen LogP contribution in [0.5, 0.6) is 0 Å². The molecule has 1 N–H and O–H groups in total. The van der Waals surface area contributed by atoms with Crippen molar-refractivity contribution >= 4 is 17.5 Å². The summed E-state index contributed by atoms with van der Waals surface area (Å²) in [5.74, 6) is 0.201. The molecule has 0 bridgehead atoms. The lowest BCUT2D eigenvalue weighted by Crippen LogP contribution is -2.49. The van der Waals surface area contributed by atoms with Crippen LogP contribution in [0.25, 0.3) is 0 Å². The zero-order chi connectivity index (χ0) is 23.2. The predicted molar refractivity (Wildman–Crippen MR) is 132 cm³/mol. The van der Waals surface area contributed by atoms with E-state index >= 15 is 0 Å². The standard InChI is InChI=1S/C27H36N4O2/c1-21-8-9-22(2)25(18-21)28-26(32)20-31(24-10-11-24)13-12-27(33)30-16-14-29(15-17-30)19-23-6-4-3-5-7-23/h3-9,18,24H,10-17,19-20H2,1-2H3,(H,28,32). The fourth-order valence-electron chi connectivity index (χ4n) is 4.47.